The number of nitrogens with zero attached hydrogens (tertiary/aromatic N) is 4. The number of fused-ring (bicyclic) bond motifs is 1. The monoisotopic (exact) mass is 459 g/mol. The highest BCUT2D eigenvalue weighted by Gasteiger charge is 2.40. The Morgan fingerprint density at radius 1 is 1.17 bits per heavy atom. The Kier molecular flexibility index (Phi) is 4.48. The van der Waals surface area contributed by atoms with E-state index in [0.29, 0.717) is 10.8 Å². The molecule has 0 radical (unpaired) electrons. The van der Waals surface area contributed by atoms with Gasteiger partial charge in [0.2, 0.25) is 15.8 Å². The molecule has 30 heavy (non-hydrogen) atoms. The Bertz CT molecular complexity index is 1380. The van der Waals surface area contributed by atoms with E-state index in [0.717, 1.165) is 23.5 Å². The van der Waals surface area contributed by atoms with Gasteiger partial charge >= 0.3 is 6.18 Å². The molecule has 0 spiro atoms. The number of H-pyrrole nitrogens is 1. The van der Waals surface area contributed by atoms with E-state index in [1.165, 1.54) is 6.07 Å². The van der Waals surface area contributed by atoms with Gasteiger partial charge in [0.1, 0.15) is 10.4 Å². The second-order valence-corrected chi connectivity index (χ2v) is 8.56. The maximum absolute atomic E-state index is 14.5. The predicted molar refractivity (Wildman–Crippen MR) is 99.0 cm³/mol. The highest BCUT2D eigenvalue weighted by Crippen LogP contribution is 2.43. The molecule has 4 aromatic rings. The number of nitrogens with one attached hydrogen (secondary N) is 1. The largest absolute Gasteiger partial charge is 0.417 e. The average molecular weight is 459 g/mol. The van der Waals surface area contributed by atoms with Crippen molar-refractivity contribution < 1.29 is 26.0 Å². The first-order valence-electron chi connectivity index (χ1n) is 7.83. The molecule has 5 N–H and O–H groups in total. The molecule has 0 amide bonds. The molecule has 0 unspecified atom stereocenters. The third-order valence-corrected chi connectivity index (χ3v) is 5.92. The fourth-order valence-corrected chi connectivity index (χ4v) is 4.76. The van der Waals surface area contributed by atoms with Crippen molar-refractivity contribution in [1.82, 2.24) is 25.6 Å². The summed E-state index contributed by atoms with van der Waals surface area (Å²) in [5.74, 6) is -1.27. The Hall–Kier alpha value is -3.17. The summed E-state index contributed by atoms with van der Waals surface area (Å²) in [4.78, 5) is 2.59. The van der Waals surface area contributed by atoms with Gasteiger partial charge in [-0.2, -0.15) is 18.4 Å². The Labute approximate surface area is 168 Å². The van der Waals surface area contributed by atoms with Crippen molar-refractivity contribution in [2.24, 2.45) is 5.14 Å². The van der Waals surface area contributed by atoms with E-state index < -0.39 is 43.9 Å². The van der Waals surface area contributed by atoms with Gasteiger partial charge in [-0.1, -0.05) is 17.4 Å². The van der Waals surface area contributed by atoms with Crippen LogP contribution in [0.1, 0.15) is 5.56 Å². The molecular weight excluding hydrogens is 450 g/mol. The number of nitrogen functional groups attached to an aromatic ring is 1. The Morgan fingerprint density at radius 3 is 2.50 bits per heavy atom. The fraction of sp³-hybridized carbons (Fsp3) is 0.0667. The summed E-state index contributed by atoms with van der Waals surface area (Å²) in [7, 11) is -4.92. The van der Waals surface area contributed by atoms with Gasteiger partial charge < -0.3 is 5.73 Å². The fourth-order valence-electron chi connectivity index (χ4n) is 2.99. The van der Waals surface area contributed by atoms with Gasteiger partial charge in [0.05, 0.1) is 15.8 Å². The van der Waals surface area contributed by atoms with E-state index in [9.17, 15) is 26.0 Å². The predicted octanol–water partition coefficient (Wildman–Crippen LogP) is 2.53. The van der Waals surface area contributed by atoms with Crippen LogP contribution in [-0.2, 0) is 16.2 Å². The van der Waals surface area contributed by atoms with Crippen LogP contribution in [0.15, 0.2) is 29.2 Å². The summed E-state index contributed by atoms with van der Waals surface area (Å²) in [6.07, 6.45) is -5.06. The van der Waals surface area contributed by atoms with Gasteiger partial charge in [-0.15, -0.1) is 10.2 Å². The molecule has 2 aromatic heterocycles. The number of anilines is 1. The number of tetrazole rings is 1. The summed E-state index contributed by atoms with van der Waals surface area (Å²) in [6.45, 7) is 0. The van der Waals surface area contributed by atoms with E-state index in [1.54, 1.807) is 0 Å². The zero-order valence-electron chi connectivity index (χ0n) is 14.4. The molecule has 2 aromatic carbocycles. The topological polar surface area (TPSA) is 154 Å². The second-order valence-electron chi connectivity index (χ2n) is 6.00. The molecule has 156 valence electrons. The number of sulfonamides is 1. The van der Waals surface area contributed by atoms with E-state index in [4.69, 9.17) is 10.9 Å². The van der Waals surface area contributed by atoms with Crippen molar-refractivity contribution in [3.8, 4) is 22.5 Å². The number of hydrogen-bond acceptors (Lipinski definition) is 8. The van der Waals surface area contributed by atoms with Crippen LogP contribution < -0.4 is 10.9 Å². The summed E-state index contributed by atoms with van der Waals surface area (Å²) >= 11 is 0.950. The van der Waals surface area contributed by atoms with Gasteiger partial charge in [-0.3, -0.25) is 0 Å². The first kappa shape index (κ1) is 20.1. The molecule has 0 aliphatic heterocycles. The molecule has 9 nitrogen and oxygen atoms in total. The number of alkyl halides is 3. The molecule has 0 aliphatic carbocycles. The molecule has 0 saturated heterocycles. The number of aromatic amines is 1. The molecule has 0 bridgehead atoms. The number of rotatable bonds is 3. The lowest BCUT2D eigenvalue weighted by Crippen LogP contribution is -2.21. The van der Waals surface area contributed by atoms with Crippen LogP contribution >= 0.6 is 11.3 Å². The summed E-state index contributed by atoms with van der Waals surface area (Å²) in [5.41, 5.74) is 3.41. The summed E-state index contributed by atoms with van der Waals surface area (Å²) < 4.78 is 79.8. The first-order valence-corrected chi connectivity index (χ1v) is 10.2. The van der Waals surface area contributed by atoms with Gasteiger partial charge in [-0.05, 0) is 34.5 Å². The zero-order chi connectivity index (χ0) is 21.8. The van der Waals surface area contributed by atoms with Crippen LogP contribution in [-0.4, -0.2) is 34.0 Å². The number of benzene rings is 2. The van der Waals surface area contributed by atoms with Crippen molar-refractivity contribution >= 4 is 36.7 Å². The zero-order valence-corrected chi connectivity index (χ0v) is 16.0. The third kappa shape index (κ3) is 3.35. The molecule has 0 saturated carbocycles. The van der Waals surface area contributed by atoms with E-state index >= 15 is 0 Å². The molecule has 0 fully saturated rings. The van der Waals surface area contributed by atoms with E-state index in [2.05, 4.69) is 25.6 Å². The van der Waals surface area contributed by atoms with Gasteiger partial charge in [0.15, 0.2) is 10.9 Å². The van der Waals surface area contributed by atoms with Crippen LogP contribution in [0.3, 0.4) is 0 Å². The lowest BCUT2D eigenvalue weighted by Gasteiger charge is -2.17. The van der Waals surface area contributed by atoms with Crippen LogP contribution in [0.2, 0.25) is 0 Å². The molecule has 15 heteroatoms. The van der Waals surface area contributed by atoms with Crippen LogP contribution in [0.4, 0.5) is 22.7 Å². The van der Waals surface area contributed by atoms with Gasteiger partial charge in [0, 0.05) is 0 Å². The minimum absolute atomic E-state index is 0.0269. The van der Waals surface area contributed by atoms with Gasteiger partial charge in [-0.25, -0.2) is 22.9 Å². The highest BCUT2D eigenvalue weighted by molar-refractivity contribution is 7.89. The maximum Gasteiger partial charge on any atom is 0.417 e. The maximum atomic E-state index is 14.5. The average Bonchev–Trinajstić information content (AvgIpc) is 3.28. The Balaban J connectivity index is 2.14. The van der Waals surface area contributed by atoms with Crippen molar-refractivity contribution in [2.45, 2.75) is 11.1 Å². The molecular formula is C15H9F4N7O2S2. The number of hydrogen-bond donors (Lipinski definition) is 3. The number of nitrogens with two attached hydrogens (primary N) is 2. The van der Waals surface area contributed by atoms with Crippen LogP contribution in [0.5, 0.6) is 0 Å². The second kappa shape index (κ2) is 6.68. The quantitative estimate of drug-likeness (QED) is 0.398. The smallest absolute Gasteiger partial charge is 0.375 e. The highest BCUT2D eigenvalue weighted by atomic mass is 32.2. The molecule has 2 heterocycles. The summed E-state index contributed by atoms with van der Waals surface area (Å²) in [5, 5.41) is 17.7. The Morgan fingerprint density at radius 2 is 1.90 bits per heavy atom. The van der Waals surface area contributed by atoms with Gasteiger partial charge in [0.25, 0.3) is 0 Å². The number of primary sulfonamides is 1. The number of aromatic nitrogens is 5. The van der Waals surface area contributed by atoms with Crippen molar-refractivity contribution in [3.05, 3.63) is 35.6 Å². The lowest BCUT2D eigenvalue weighted by atomic mass is 9.96. The van der Waals surface area contributed by atoms with Crippen molar-refractivity contribution in [3.63, 3.8) is 0 Å². The standard InChI is InChI=1S/C15H9F4N7O2S2/c16-8-3-5(4-9-11(8)22-14(20)29-9)6-1-2-7(15(17,18)19)12(30(21,27)28)10(6)13-23-25-26-24-13/h1-4H,(H2,20,22)(H2,21,27,28)(H,23,24,25,26). The number of thiazole rings is 1. The first-order chi connectivity index (χ1) is 14.0. The van der Waals surface area contributed by atoms with Crippen molar-refractivity contribution in [2.75, 3.05) is 5.73 Å². The van der Waals surface area contributed by atoms with Crippen LogP contribution in [0.25, 0.3) is 32.7 Å². The van der Waals surface area contributed by atoms with Crippen molar-refractivity contribution in [1.29, 1.82) is 0 Å². The van der Waals surface area contributed by atoms with Crippen LogP contribution in [0, 0.1) is 5.82 Å². The minimum atomic E-state index is -5.06. The molecule has 4 rings (SSSR count). The summed E-state index contributed by atoms with van der Waals surface area (Å²) in [6, 6.07) is 3.92. The lowest BCUT2D eigenvalue weighted by molar-refractivity contribution is -0.139. The SMILES string of the molecule is Nc1nc2c(F)cc(-c3ccc(C(F)(F)F)c(S(N)(=O)=O)c3-c3nn[nH]n3)cc2s1. The minimum Gasteiger partial charge on any atom is -0.375 e. The molecule has 0 aliphatic rings. The molecule has 0 atom stereocenters. The number of halogens is 4. The third-order valence-electron chi connectivity index (χ3n) is 4.09. The van der Waals surface area contributed by atoms with E-state index in [1.807, 2.05) is 0 Å². The van der Waals surface area contributed by atoms with E-state index in [-0.39, 0.29) is 21.8 Å². The normalized spacial score (nSPS) is 12.6.